The quantitative estimate of drug-likeness (QED) is 0.693. The molecule has 28 heavy (non-hydrogen) atoms. The number of sulfone groups is 1. The summed E-state index contributed by atoms with van der Waals surface area (Å²) in [5.74, 6) is -0.123. The van der Waals surface area contributed by atoms with Gasteiger partial charge in [-0.3, -0.25) is 4.99 Å². The topological polar surface area (TPSA) is 55.7 Å². The molecule has 154 valence electrons. The van der Waals surface area contributed by atoms with Crippen LogP contribution in [0.5, 0.6) is 5.75 Å². The van der Waals surface area contributed by atoms with Crippen molar-refractivity contribution in [2.45, 2.75) is 44.8 Å². The Balaban J connectivity index is 1.69. The third-order valence-corrected chi connectivity index (χ3v) is 8.18. The van der Waals surface area contributed by atoms with Gasteiger partial charge < -0.3 is 4.74 Å². The van der Waals surface area contributed by atoms with Crippen molar-refractivity contribution in [3.8, 4) is 5.75 Å². The summed E-state index contributed by atoms with van der Waals surface area (Å²) in [7, 11) is -1.62. The Morgan fingerprint density at radius 2 is 1.82 bits per heavy atom. The average molecular weight is 412 g/mol. The van der Waals surface area contributed by atoms with Crippen LogP contribution in [0.3, 0.4) is 0 Å². The molecule has 2 aliphatic rings. The van der Waals surface area contributed by atoms with Crippen LogP contribution in [0, 0.1) is 17.7 Å². The van der Waals surface area contributed by atoms with Gasteiger partial charge in [0.1, 0.15) is 23.1 Å². The highest BCUT2D eigenvalue weighted by Crippen LogP contribution is 2.38. The van der Waals surface area contributed by atoms with Crippen LogP contribution >= 0.6 is 0 Å². The second kappa shape index (κ2) is 8.31. The Labute approximate surface area is 165 Å². The van der Waals surface area contributed by atoms with Crippen molar-refractivity contribution in [1.29, 1.82) is 0 Å². The van der Waals surface area contributed by atoms with Crippen LogP contribution in [0.1, 0.15) is 45.1 Å². The molecule has 0 N–H and O–H groups in total. The van der Waals surface area contributed by atoms with E-state index < -0.39 is 15.7 Å². The predicted molar refractivity (Wildman–Crippen MR) is 107 cm³/mol. The van der Waals surface area contributed by atoms with E-state index in [1.807, 2.05) is 0 Å². The van der Waals surface area contributed by atoms with Crippen LogP contribution in [-0.4, -0.2) is 38.8 Å². The average Bonchev–Trinajstić information content (AvgIpc) is 3.03. The summed E-state index contributed by atoms with van der Waals surface area (Å²) in [4.78, 5) is 4.31. The van der Waals surface area contributed by atoms with E-state index in [1.165, 1.54) is 19.2 Å². The minimum Gasteiger partial charge on any atom is -0.497 e. The van der Waals surface area contributed by atoms with Gasteiger partial charge in [0.05, 0.1) is 24.7 Å². The Hall–Kier alpha value is -1.76. The summed E-state index contributed by atoms with van der Waals surface area (Å²) in [6.45, 7) is 3.69. The summed E-state index contributed by atoms with van der Waals surface area (Å²) in [5, 5.41) is -0.362. The van der Waals surface area contributed by atoms with Crippen molar-refractivity contribution < 1.29 is 21.9 Å². The lowest BCUT2D eigenvalue weighted by atomic mass is 9.79. The first-order chi connectivity index (χ1) is 13.2. The van der Waals surface area contributed by atoms with E-state index >= 15 is 4.39 Å². The molecule has 0 atom stereocenters. The Kier molecular flexibility index (Phi) is 6.22. The molecular weight excluding hydrogens is 384 g/mol. The number of methoxy groups -OCH3 is 1. The minimum atomic E-state index is -3.06. The number of ether oxygens (including phenoxy) is 1. The molecule has 1 aliphatic carbocycles. The van der Waals surface area contributed by atoms with Crippen molar-refractivity contribution in [2.24, 2.45) is 16.8 Å². The first kappa shape index (κ1) is 21.0. The van der Waals surface area contributed by atoms with E-state index in [9.17, 15) is 12.8 Å². The second-order valence-corrected chi connectivity index (χ2v) is 10.6. The van der Waals surface area contributed by atoms with Gasteiger partial charge in [0, 0.05) is 11.6 Å². The smallest absolute Gasteiger partial charge is 0.152 e. The lowest BCUT2D eigenvalue weighted by molar-refractivity contribution is 0.316. The van der Waals surface area contributed by atoms with Gasteiger partial charge in [-0.15, -0.1) is 0 Å². The third kappa shape index (κ3) is 4.45. The minimum absolute atomic E-state index is 0.0645. The van der Waals surface area contributed by atoms with Crippen LogP contribution in [0.4, 0.5) is 8.78 Å². The molecule has 0 radical (unpaired) electrons. The molecular formula is C21H27F2NO3S. The molecule has 1 aliphatic heterocycles. The molecule has 4 nitrogen and oxygen atoms in total. The molecule has 1 heterocycles. The number of benzene rings is 1. The zero-order valence-electron chi connectivity index (χ0n) is 16.5. The molecule has 1 aromatic rings. The number of hydrogen-bond acceptors (Lipinski definition) is 4. The fourth-order valence-electron chi connectivity index (χ4n) is 4.00. The Morgan fingerprint density at radius 1 is 1.14 bits per heavy atom. The van der Waals surface area contributed by atoms with Gasteiger partial charge in [0.15, 0.2) is 9.84 Å². The highest BCUT2D eigenvalue weighted by atomic mass is 32.2. The lowest BCUT2D eigenvalue weighted by Crippen LogP contribution is -2.27. The standard InChI is InChI=1S/C21H27F2NO3S/c1-13(2)28(25,26)12-14-4-6-15(7-5-14)19-11-24-21(20(19)23)16-8-17(22)10-18(9-16)27-3/h8-10,13-15H,4-7,11-12H2,1-3H3. The largest absolute Gasteiger partial charge is 0.497 e. The second-order valence-electron chi connectivity index (χ2n) is 7.98. The fraction of sp³-hybridized carbons (Fsp3) is 0.571. The van der Waals surface area contributed by atoms with Crippen LogP contribution < -0.4 is 4.74 Å². The van der Waals surface area contributed by atoms with Crippen molar-refractivity contribution >= 4 is 15.5 Å². The molecule has 0 amide bonds. The number of aliphatic imine (C=N–C) groups is 1. The first-order valence-corrected chi connectivity index (χ1v) is 11.4. The Morgan fingerprint density at radius 3 is 2.43 bits per heavy atom. The van der Waals surface area contributed by atoms with Crippen molar-refractivity contribution in [1.82, 2.24) is 0 Å². The molecule has 0 bridgehead atoms. The third-order valence-electron chi connectivity index (χ3n) is 5.80. The molecule has 0 unspecified atom stereocenters. The highest BCUT2D eigenvalue weighted by molar-refractivity contribution is 7.91. The van der Waals surface area contributed by atoms with Gasteiger partial charge in [-0.2, -0.15) is 0 Å². The summed E-state index contributed by atoms with van der Waals surface area (Å²) in [6, 6.07) is 4.09. The summed E-state index contributed by atoms with van der Waals surface area (Å²) >= 11 is 0. The van der Waals surface area contributed by atoms with E-state index in [0.717, 1.165) is 25.7 Å². The molecule has 1 fully saturated rings. The monoisotopic (exact) mass is 411 g/mol. The predicted octanol–water partition coefficient (Wildman–Crippen LogP) is 4.49. The van der Waals surface area contributed by atoms with Crippen LogP contribution in [0.25, 0.3) is 0 Å². The molecule has 0 aromatic heterocycles. The first-order valence-electron chi connectivity index (χ1n) is 9.71. The lowest BCUT2D eigenvalue weighted by Gasteiger charge is -2.29. The van der Waals surface area contributed by atoms with Crippen LogP contribution in [-0.2, 0) is 9.84 Å². The maximum absolute atomic E-state index is 15.1. The summed E-state index contributed by atoms with van der Waals surface area (Å²) in [5.41, 5.74) is 1.21. The van der Waals surface area contributed by atoms with Crippen molar-refractivity contribution in [2.75, 3.05) is 19.4 Å². The van der Waals surface area contributed by atoms with Crippen LogP contribution in [0.15, 0.2) is 34.6 Å². The summed E-state index contributed by atoms with van der Waals surface area (Å²) < 4.78 is 58.2. The number of halogens is 2. The zero-order chi connectivity index (χ0) is 20.5. The van der Waals surface area contributed by atoms with Crippen molar-refractivity contribution in [3.63, 3.8) is 0 Å². The highest BCUT2D eigenvalue weighted by Gasteiger charge is 2.32. The maximum Gasteiger partial charge on any atom is 0.152 e. The van der Waals surface area contributed by atoms with Gasteiger partial charge in [-0.1, -0.05) is 0 Å². The molecule has 1 saturated carbocycles. The molecule has 0 saturated heterocycles. The van der Waals surface area contributed by atoms with E-state index in [2.05, 4.69) is 4.99 Å². The van der Waals surface area contributed by atoms with Crippen LogP contribution in [0.2, 0.25) is 0 Å². The van der Waals surface area contributed by atoms with Gasteiger partial charge in [0.25, 0.3) is 0 Å². The zero-order valence-corrected chi connectivity index (χ0v) is 17.4. The molecule has 3 rings (SSSR count). The molecule has 0 spiro atoms. The van der Waals surface area contributed by atoms with E-state index in [-0.39, 0.29) is 40.9 Å². The Bertz CT molecular complexity index is 898. The van der Waals surface area contributed by atoms with Crippen molar-refractivity contribution in [3.05, 3.63) is 41.0 Å². The van der Waals surface area contributed by atoms with Gasteiger partial charge in [-0.25, -0.2) is 17.2 Å². The van der Waals surface area contributed by atoms with E-state index in [4.69, 9.17) is 4.74 Å². The number of allylic oxidation sites excluding steroid dienone is 1. The van der Waals surface area contributed by atoms with E-state index in [0.29, 0.717) is 16.9 Å². The number of rotatable bonds is 6. The summed E-state index contributed by atoms with van der Waals surface area (Å²) in [6.07, 6.45) is 3.07. The van der Waals surface area contributed by atoms with Gasteiger partial charge in [0.2, 0.25) is 0 Å². The fourth-order valence-corrected chi connectivity index (χ4v) is 5.37. The normalized spacial score (nSPS) is 23.3. The number of hydrogen-bond donors (Lipinski definition) is 0. The van der Waals surface area contributed by atoms with Gasteiger partial charge in [-0.05, 0) is 69.1 Å². The van der Waals surface area contributed by atoms with Gasteiger partial charge >= 0.3 is 0 Å². The molecule has 1 aromatic carbocycles. The maximum atomic E-state index is 15.1. The van der Waals surface area contributed by atoms with E-state index in [1.54, 1.807) is 19.9 Å². The molecule has 7 heteroatoms. The number of nitrogens with zero attached hydrogens (tertiary/aromatic N) is 1. The SMILES string of the molecule is COc1cc(F)cc(C2=NCC(C3CCC(CS(=O)(=O)C(C)C)CC3)=C2F)c1.